The normalized spacial score (nSPS) is 19.1. The Balaban J connectivity index is 4.62. The Morgan fingerprint density at radius 1 is 0.649 bits per heavy atom. The highest BCUT2D eigenvalue weighted by Crippen LogP contribution is 2.47. The second-order valence-corrected chi connectivity index (χ2v) is 14.4. The summed E-state index contributed by atoms with van der Waals surface area (Å²) in [5.41, 5.74) is -0.733. The van der Waals surface area contributed by atoms with Crippen molar-refractivity contribution in [3.8, 4) is 0 Å². The van der Waals surface area contributed by atoms with Crippen LogP contribution in [-0.4, -0.2) is 82.5 Å². The van der Waals surface area contributed by atoms with E-state index < -0.39 is 94.2 Å². The Hall–Kier alpha value is 0.465. The molecule has 0 saturated carbocycles. The first kappa shape index (κ1) is 37.5. The predicted octanol–water partition coefficient (Wildman–Crippen LogP) is 1.20. The molecular weight excluding hydrogens is 585 g/mol. The Bertz CT molecular complexity index is 865. The van der Waals surface area contributed by atoms with Gasteiger partial charge in [-0.1, -0.05) is 13.8 Å². The molecule has 0 bridgehead atoms. The van der Waals surface area contributed by atoms with E-state index in [0.29, 0.717) is 0 Å². The van der Waals surface area contributed by atoms with Gasteiger partial charge >= 0.3 is 31.3 Å². The van der Waals surface area contributed by atoms with Gasteiger partial charge in [0.25, 0.3) is 0 Å². The molecule has 7 N–H and O–H groups in total. The molecule has 0 aromatic rings. The number of rotatable bonds is 21. The molecule has 0 amide bonds. The first-order valence-electron chi connectivity index (χ1n) is 10.7. The minimum absolute atomic E-state index is 0.142. The van der Waals surface area contributed by atoms with Crippen molar-refractivity contribution in [1.82, 2.24) is 5.23 Å². The lowest BCUT2D eigenvalue weighted by Crippen LogP contribution is -2.40. The topological polar surface area (TPSA) is 257 Å². The van der Waals surface area contributed by atoms with Crippen molar-refractivity contribution in [2.24, 2.45) is 17.8 Å². The number of nitrogens with one attached hydrogen (secondary N) is 1. The second-order valence-electron chi connectivity index (χ2n) is 9.00. The lowest BCUT2D eigenvalue weighted by molar-refractivity contribution is 0.0734. The van der Waals surface area contributed by atoms with Crippen LogP contribution in [-0.2, 0) is 45.4 Å². The van der Waals surface area contributed by atoms with Gasteiger partial charge in [-0.05, 0) is 20.3 Å². The molecule has 22 heteroatoms. The van der Waals surface area contributed by atoms with Gasteiger partial charge < -0.3 is 34.6 Å². The van der Waals surface area contributed by atoms with Gasteiger partial charge in [-0.15, -0.1) is 0 Å². The predicted molar refractivity (Wildman–Crippen MR) is 129 cm³/mol. The van der Waals surface area contributed by atoms with Crippen LogP contribution in [0.2, 0.25) is 0 Å². The van der Waals surface area contributed by atoms with Crippen molar-refractivity contribution in [3.63, 3.8) is 0 Å². The van der Waals surface area contributed by atoms with Crippen molar-refractivity contribution in [1.29, 1.82) is 0 Å². The van der Waals surface area contributed by atoms with Crippen LogP contribution in [0.15, 0.2) is 0 Å². The SMILES string of the molecule is [B]NC(C)(C)CC(COP(=O)(O)O)COP(=O)(O)OCC(C)COP(=O)(O)OCC(C)COP(=O)(O)O. The summed E-state index contributed by atoms with van der Waals surface area (Å²) in [6.45, 7) is 3.54. The Morgan fingerprint density at radius 3 is 1.30 bits per heavy atom. The summed E-state index contributed by atoms with van der Waals surface area (Å²) in [4.78, 5) is 54.7. The fraction of sp³-hybridized carbons (Fsp3) is 1.00. The molecule has 0 heterocycles. The third-order valence-corrected chi connectivity index (χ3v) is 7.11. The van der Waals surface area contributed by atoms with Crippen LogP contribution in [0.5, 0.6) is 0 Å². The molecule has 5 atom stereocenters. The molecule has 0 fully saturated rings. The second kappa shape index (κ2) is 16.0. The zero-order valence-corrected chi connectivity index (χ0v) is 24.4. The Kier molecular flexibility index (Phi) is 16.2. The third-order valence-electron chi connectivity index (χ3n) is 4.24. The maximum atomic E-state index is 12.2. The Morgan fingerprint density at radius 2 is 0.946 bits per heavy atom. The molecule has 0 aliphatic heterocycles. The van der Waals surface area contributed by atoms with Gasteiger partial charge in [-0.25, -0.2) is 18.3 Å². The van der Waals surface area contributed by atoms with Gasteiger partial charge in [0.2, 0.25) is 0 Å². The van der Waals surface area contributed by atoms with Crippen LogP contribution in [0, 0.1) is 17.8 Å². The average molecular weight is 621 g/mol. The van der Waals surface area contributed by atoms with E-state index in [2.05, 4.69) is 14.3 Å². The van der Waals surface area contributed by atoms with Gasteiger partial charge in [0.1, 0.15) is 0 Å². The monoisotopic (exact) mass is 621 g/mol. The maximum Gasteiger partial charge on any atom is 0.472 e. The quantitative estimate of drug-likeness (QED) is 0.0702. The van der Waals surface area contributed by atoms with Gasteiger partial charge in [0.05, 0.1) is 39.6 Å². The zero-order valence-electron chi connectivity index (χ0n) is 20.8. The van der Waals surface area contributed by atoms with Crippen molar-refractivity contribution in [2.75, 3.05) is 39.6 Å². The van der Waals surface area contributed by atoms with Crippen LogP contribution >= 0.6 is 31.3 Å². The highest BCUT2D eigenvalue weighted by atomic mass is 31.2. The summed E-state index contributed by atoms with van der Waals surface area (Å²) < 4.78 is 73.7. The molecule has 0 saturated heterocycles. The van der Waals surface area contributed by atoms with Crippen LogP contribution < -0.4 is 5.23 Å². The number of hydrogen-bond donors (Lipinski definition) is 7. The molecule has 17 nitrogen and oxygen atoms in total. The summed E-state index contributed by atoms with van der Waals surface area (Å²) in [7, 11) is -13.3. The van der Waals surface area contributed by atoms with E-state index in [0.717, 1.165) is 0 Å². The van der Waals surface area contributed by atoms with Crippen molar-refractivity contribution < 1.29 is 74.8 Å². The van der Waals surface area contributed by atoms with E-state index in [9.17, 15) is 28.0 Å². The minimum atomic E-state index is -4.80. The first-order chi connectivity index (χ1) is 16.5. The summed E-state index contributed by atoms with van der Waals surface area (Å²) in [5.74, 6) is -2.12. The van der Waals surface area contributed by atoms with Crippen molar-refractivity contribution in [2.45, 2.75) is 39.7 Å². The standard InChI is InChI=1S/C15H36BNO16P4/c1-12(6-28-34(18,19)20)7-30-36(24,25)31-8-13(2)9-32-37(26,27)33-11-14(5-15(3,4)17-16)10-29-35(21,22)23/h12-14,17H,5-11H2,1-4H3,(H,24,25)(H,26,27)(H2,18,19,20)(H2,21,22,23). The van der Waals surface area contributed by atoms with Gasteiger partial charge in [-0.2, -0.15) is 0 Å². The molecule has 0 aromatic carbocycles. The summed E-state index contributed by atoms with van der Waals surface area (Å²) in [5, 5.41) is 2.49. The van der Waals surface area contributed by atoms with E-state index >= 15 is 0 Å². The average Bonchev–Trinajstić information content (AvgIpc) is 2.74. The van der Waals surface area contributed by atoms with Crippen LogP contribution in [0.25, 0.3) is 0 Å². The number of hydrogen-bond acceptors (Lipinski definition) is 11. The molecule has 0 aliphatic carbocycles. The molecular formula is C15H36BNO16P4. The maximum absolute atomic E-state index is 12.2. The van der Waals surface area contributed by atoms with Gasteiger partial charge in [0, 0.05) is 23.3 Å². The van der Waals surface area contributed by atoms with Gasteiger partial charge in [0.15, 0.2) is 7.98 Å². The summed E-state index contributed by atoms with van der Waals surface area (Å²) in [6.07, 6.45) is 0.142. The summed E-state index contributed by atoms with van der Waals surface area (Å²) in [6, 6.07) is 0. The summed E-state index contributed by atoms with van der Waals surface area (Å²) >= 11 is 0. The smallest absolute Gasteiger partial charge is 0.362 e. The van der Waals surface area contributed by atoms with Crippen LogP contribution in [0.4, 0.5) is 0 Å². The lowest BCUT2D eigenvalue weighted by atomic mass is 9.90. The van der Waals surface area contributed by atoms with E-state index in [-0.39, 0.29) is 6.42 Å². The highest BCUT2D eigenvalue weighted by molar-refractivity contribution is 7.47. The molecule has 5 unspecified atom stereocenters. The van der Waals surface area contributed by atoms with Crippen molar-refractivity contribution >= 4 is 39.3 Å². The fourth-order valence-corrected chi connectivity index (χ4v) is 5.14. The molecule has 220 valence electrons. The minimum Gasteiger partial charge on any atom is -0.362 e. The van der Waals surface area contributed by atoms with Gasteiger partial charge in [-0.3, -0.25) is 27.1 Å². The molecule has 0 spiro atoms. The zero-order chi connectivity index (χ0) is 29.1. The lowest BCUT2D eigenvalue weighted by Gasteiger charge is -2.30. The van der Waals surface area contributed by atoms with E-state index in [1.54, 1.807) is 13.8 Å². The third kappa shape index (κ3) is 21.9. The van der Waals surface area contributed by atoms with Crippen LogP contribution in [0.1, 0.15) is 34.1 Å². The van der Waals surface area contributed by atoms with E-state index in [1.807, 2.05) is 0 Å². The molecule has 2 radical (unpaired) electrons. The molecule has 0 rings (SSSR count). The Labute approximate surface area is 216 Å². The number of phosphoric acid groups is 4. The largest absolute Gasteiger partial charge is 0.472 e. The first-order valence-corrected chi connectivity index (χ1v) is 16.7. The molecule has 0 aliphatic rings. The number of phosphoric ester groups is 4. The fourth-order valence-electron chi connectivity index (χ4n) is 2.41. The molecule has 0 aromatic heterocycles. The molecule has 37 heavy (non-hydrogen) atoms. The van der Waals surface area contributed by atoms with E-state index in [4.69, 9.17) is 45.6 Å². The van der Waals surface area contributed by atoms with Crippen molar-refractivity contribution in [3.05, 3.63) is 0 Å². The highest BCUT2D eigenvalue weighted by Gasteiger charge is 2.30. The van der Waals surface area contributed by atoms with E-state index in [1.165, 1.54) is 13.8 Å². The van der Waals surface area contributed by atoms with Crippen LogP contribution in [0.3, 0.4) is 0 Å².